The Labute approximate surface area is 265 Å². The number of carbonyl (C=O) groups is 6. The van der Waals surface area contributed by atoms with Crippen LogP contribution in [0.5, 0.6) is 0 Å². The van der Waals surface area contributed by atoms with Crippen molar-refractivity contribution in [1.29, 1.82) is 0 Å². The molecule has 0 spiro atoms. The van der Waals surface area contributed by atoms with E-state index in [2.05, 4.69) is 21.3 Å². The SMILES string of the molecule is CC(C)C[C@H]1CC(=O)CNC(=O)[C@@H]2CCCN2C(C(=O)NC(C)(C)C)[C@@H]2CN2C(=O)C(Cc2ccccc2)NC(=O)CNC1=O. The van der Waals surface area contributed by atoms with Gasteiger partial charge in [-0.05, 0) is 58.1 Å². The van der Waals surface area contributed by atoms with E-state index >= 15 is 0 Å². The predicted molar refractivity (Wildman–Crippen MR) is 168 cm³/mol. The van der Waals surface area contributed by atoms with E-state index in [-0.39, 0.29) is 55.4 Å². The van der Waals surface area contributed by atoms with E-state index in [1.165, 1.54) is 0 Å². The van der Waals surface area contributed by atoms with E-state index in [0.717, 1.165) is 5.56 Å². The van der Waals surface area contributed by atoms with Gasteiger partial charge in [0.25, 0.3) is 0 Å². The molecule has 0 radical (unpaired) electrons. The summed E-state index contributed by atoms with van der Waals surface area (Å²) in [5.74, 6) is -2.76. The molecule has 0 bridgehead atoms. The Hall–Kier alpha value is -3.80. The number of carbonyl (C=O) groups excluding carboxylic acids is 6. The number of nitrogens with zero attached hydrogens (tertiary/aromatic N) is 2. The molecule has 4 rings (SSSR count). The van der Waals surface area contributed by atoms with E-state index in [4.69, 9.17) is 0 Å². The zero-order valence-electron chi connectivity index (χ0n) is 27.1. The van der Waals surface area contributed by atoms with E-state index in [1.54, 1.807) is 4.90 Å². The van der Waals surface area contributed by atoms with Gasteiger partial charge in [-0.2, -0.15) is 0 Å². The Kier molecular flexibility index (Phi) is 11.0. The molecular formula is C33H48N6O6. The maximum Gasteiger partial charge on any atom is 0.245 e. The lowest BCUT2D eigenvalue weighted by Crippen LogP contribution is -2.59. The molecule has 0 aliphatic carbocycles. The van der Waals surface area contributed by atoms with Gasteiger partial charge in [-0.25, -0.2) is 0 Å². The minimum absolute atomic E-state index is 0.0803. The summed E-state index contributed by atoms with van der Waals surface area (Å²) in [5.41, 5.74) is 0.298. The van der Waals surface area contributed by atoms with Crippen molar-refractivity contribution in [3.05, 3.63) is 35.9 Å². The average Bonchev–Trinajstić information content (AvgIpc) is 3.59. The minimum atomic E-state index is -0.933. The van der Waals surface area contributed by atoms with Crippen LogP contribution in [-0.2, 0) is 35.2 Å². The summed E-state index contributed by atoms with van der Waals surface area (Å²) in [5, 5.41) is 11.2. The fraction of sp³-hybridized carbons (Fsp3) is 0.636. The van der Waals surface area contributed by atoms with Crippen LogP contribution >= 0.6 is 0 Å². The van der Waals surface area contributed by atoms with Crippen LogP contribution in [0.15, 0.2) is 30.3 Å². The van der Waals surface area contributed by atoms with Crippen molar-refractivity contribution < 1.29 is 28.8 Å². The third-order valence-corrected chi connectivity index (χ3v) is 8.42. The zero-order chi connectivity index (χ0) is 32.9. The summed E-state index contributed by atoms with van der Waals surface area (Å²) < 4.78 is 0. The number of amides is 5. The van der Waals surface area contributed by atoms with E-state index < -0.39 is 47.4 Å². The highest BCUT2D eigenvalue weighted by Crippen LogP contribution is 2.32. The normalized spacial score (nSPS) is 27.5. The zero-order valence-corrected chi connectivity index (χ0v) is 27.1. The minimum Gasteiger partial charge on any atom is -0.350 e. The Morgan fingerprint density at radius 3 is 2.36 bits per heavy atom. The van der Waals surface area contributed by atoms with Crippen molar-refractivity contribution in [1.82, 2.24) is 31.1 Å². The molecule has 12 nitrogen and oxygen atoms in total. The van der Waals surface area contributed by atoms with Crippen LogP contribution in [0.4, 0.5) is 0 Å². The molecule has 12 heteroatoms. The number of benzene rings is 1. The number of fused-ring (bicyclic) bond motifs is 2. The van der Waals surface area contributed by atoms with Gasteiger partial charge in [0.05, 0.1) is 25.2 Å². The van der Waals surface area contributed by atoms with Crippen LogP contribution in [0, 0.1) is 11.8 Å². The molecule has 5 amide bonds. The van der Waals surface area contributed by atoms with Gasteiger partial charge < -0.3 is 26.2 Å². The number of ketones is 1. The predicted octanol–water partition coefficient (Wildman–Crippen LogP) is 0.540. The second kappa shape index (κ2) is 14.5. The Morgan fingerprint density at radius 2 is 1.69 bits per heavy atom. The van der Waals surface area contributed by atoms with Crippen LogP contribution in [-0.4, -0.2) is 101 Å². The van der Waals surface area contributed by atoms with Crippen molar-refractivity contribution >= 4 is 35.3 Å². The second-order valence-electron chi connectivity index (χ2n) is 14.0. The smallest absolute Gasteiger partial charge is 0.245 e. The molecule has 1 aromatic rings. The highest BCUT2D eigenvalue weighted by Gasteiger charge is 2.54. The van der Waals surface area contributed by atoms with Gasteiger partial charge >= 0.3 is 0 Å². The Bertz CT molecular complexity index is 1280. The molecule has 3 heterocycles. The van der Waals surface area contributed by atoms with Crippen molar-refractivity contribution in [3.63, 3.8) is 0 Å². The summed E-state index contributed by atoms with van der Waals surface area (Å²) >= 11 is 0. The van der Waals surface area contributed by atoms with Crippen LogP contribution in [0.2, 0.25) is 0 Å². The largest absolute Gasteiger partial charge is 0.350 e. The summed E-state index contributed by atoms with van der Waals surface area (Å²) in [6, 6.07) is 6.43. The van der Waals surface area contributed by atoms with Gasteiger partial charge in [0.1, 0.15) is 12.1 Å². The third kappa shape index (κ3) is 9.35. The highest BCUT2D eigenvalue weighted by atomic mass is 16.2. The molecule has 4 N–H and O–H groups in total. The summed E-state index contributed by atoms with van der Waals surface area (Å²) in [6.07, 6.45) is 1.75. The monoisotopic (exact) mass is 624 g/mol. The lowest BCUT2D eigenvalue weighted by Gasteiger charge is -2.34. The Balaban J connectivity index is 1.66. The van der Waals surface area contributed by atoms with Crippen molar-refractivity contribution in [2.24, 2.45) is 11.8 Å². The molecule has 1 aromatic carbocycles. The maximum atomic E-state index is 14.0. The van der Waals surface area contributed by atoms with Crippen molar-refractivity contribution in [3.8, 4) is 0 Å². The lowest BCUT2D eigenvalue weighted by molar-refractivity contribution is -0.136. The van der Waals surface area contributed by atoms with Crippen LogP contribution < -0.4 is 21.3 Å². The van der Waals surface area contributed by atoms with Crippen molar-refractivity contribution in [2.75, 3.05) is 26.2 Å². The molecule has 3 aliphatic heterocycles. The van der Waals surface area contributed by atoms with Gasteiger partial charge in [-0.1, -0.05) is 44.2 Å². The average molecular weight is 625 g/mol. The van der Waals surface area contributed by atoms with Gasteiger partial charge in [-0.15, -0.1) is 0 Å². The number of rotatable bonds is 5. The summed E-state index contributed by atoms with van der Waals surface area (Å²) in [6.45, 7) is 9.69. The van der Waals surface area contributed by atoms with Crippen LogP contribution in [0.3, 0.4) is 0 Å². The van der Waals surface area contributed by atoms with E-state index in [1.807, 2.05) is 69.9 Å². The molecule has 3 aliphatic rings. The Morgan fingerprint density at radius 1 is 1.00 bits per heavy atom. The standard InChI is InChI=1S/C33H48N6O6/c1-20(2)14-22-16-23(40)17-34-30(43)25-12-9-13-38(25)28(31(44)37-33(3,4)5)26-19-39(26)32(45)24(15-21-10-7-6-8-11-21)36-27(41)18-35-29(22)42/h6-8,10-11,20,22,24-26,28H,9,12-19H2,1-5H3,(H,34,43)(H,35,42)(H,36,41)(H,37,44)/t22-,24?,25-,26-,28?,39?/m0/s1. The highest BCUT2D eigenvalue weighted by molar-refractivity contribution is 5.95. The first kappa shape index (κ1) is 34.1. The van der Waals surface area contributed by atoms with Gasteiger partial charge in [-0.3, -0.25) is 33.7 Å². The molecule has 45 heavy (non-hydrogen) atoms. The fourth-order valence-electron chi connectivity index (χ4n) is 6.38. The van der Waals surface area contributed by atoms with Crippen molar-refractivity contribution in [2.45, 2.75) is 96.4 Å². The molecule has 0 aromatic heterocycles. The molecule has 3 saturated heterocycles. The first-order chi connectivity index (χ1) is 21.2. The number of nitrogens with one attached hydrogen (secondary N) is 4. The number of Topliss-reactive ketones (excluding diaryl/α,β-unsaturated/α-hetero) is 1. The number of hydrogen-bond donors (Lipinski definition) is 4. The maximum absolute atomic E-state index is 14.0. The van der Waals surface area contributed by atoms with Gasteiger partial charge in [0.2, 0.25) is 29.5 Å². The lowest BCUT2D eigenvalue weighted by atomic mass is 9.91. The number of hydrogen-bond acceptors (Lipinski definition) is 7. The van der Waals surface area contributed by atoms with Crippen LogP contribution in [0.25, 0.3) is 0 Å². The summed E-state index contributed by atoms with van der Waals surface area (Å²) in [7, 11) is 0. The van der Waals surface area contributed by atoms with Gasteiger partial charge in [0, 0.05) is 30.8 Å². The molecule has 3 fully saturated rings. The first-order valence-corrected chi connectivity index (χ1v) is 16.0. The molecule has 5 atom stereocenters. The second-order valence-corrected chi connectivity index (χ2v) is 14.0. The fourth-order valence-corrected chi connectivity index (χ4v) is 6.38. The van der Waals surface area contributed by atoms with Gasteiger partial charge in [0.15, 0.2) is 5.78 Å². The quantitative estimate of drug-likeness (QED) is 0.349. The molecule has 0 saturated carbocycles. The van der Waals surface area contributed by atoms with E-state index in [9.17, 15) is 28.8 Å². The van der Waals surface area contributed by atoms with Crippen LogP contribution in [0.1, 0.15) is 65.9 Å². The first-order valence-electron chi connectivity index (χ1n) is 16.0. The third-order valence-electron chi connectivity index (χ3n) is 8.42. The molecule has 2 unspecified atom stereocenters. The molecular weight excluding hydrogens is 576 g/mol. The topological polar surface area (TPSA) is 157 Å². The summed E-state index contributed by atoms with van der Waals surface area (Å²) in [4.78, 5) is 83.8. The van der Waals surface area contributed by atoms with E-state index in [0.29, 0.717) is 32.4 Å². The molecule has 246 valence electrons.